The molecule has 66 valence electrons. The third-order valence-corrected chi connectivity index (χ3v) is 1.51. The average Bonchev–Trinajstić information content (AvgIpc) is 2.19. The molecule has 0 aliphatic carbocycles. The number of hydrogen-bond acceptors (Lipinski definition) is 3. The second kappa shape index (κ2) is 4.91. The molecule has 0 radical (unpaired) electrons. The van der Waals surface area contributed by atoms with Gasteiger partial charge in [-0.05, 0) is 23.8 Å². The van der Waals surface area contributed by atoms with Crippen LogP contribution in [0.25, 0.3) is 6.08 Å². The van der Waals surface area contributed by atoms with Gasteiger partial charge in [0, 0.05) is 6.20 Å². The van der Waals surface area contributed by atoms with Gasteiger partial charge in [-0.25, -0.2) is 4.79 Å². The lowest BCUT2D eigenvalue weighted by molar-refractivity contribution is 0.415. The van der Waals surface area contributed by atoms with Crippen LogP contribution in [0.3, 0.4) is 0 Å². The van der Waals surface area contributed by atoms with Crippen LogP contribution in [0.4, 0.5) is 0 Å². The molecule has 0 saturated heterocycles. The first-order valence-electron chi connectivity index (χ1n) is 3.74. The number of isocyanates is 1. The zero-order valence-corrected chi connectivity index (χ0v) is 7.23. The highest BCUT2D eigenvalue weighted by Crippen LogP contribution is 2.11. The van der Waals surface area contributed by atoms with Crippen molar-refractivity contribution in [1.29, 1.82) is 0 Å². The fourth-order valence-corrected chi connectivity index (χ4v) is 0.869. The molecule has 0 aliphatic rings. The van der Waals surface area contributed by atoms with E-state index in [2.05, 4.69) is 4.99 Å². The summed E-state index contributed by atoms with van der Waals surface area (Å²) in [6.07, 6.45) is 4.53. The number of methoxy groups -OCH3 is 1. The predicted molar refractivity (Wildman–Crippen MR) is 50.1 cm³/mol. The maximum atomic E-state index is 9.73. The predicted octanol–water partition coefficient (Wildman–Crippen LogP) is 2.00. The zero-order chi connectivity index (χ0) is 9.52. The molecule has 0 fully saturated rings. The van der Waals surface area contributed by atoms with Crippen LogP contribution in [0.15, 0.2) is 35.5 Å². The van der Waals surface area contributed by atoms with Crippen molar-refractivity contribution in [1.82, 2.24) is 0 Å². The van der Waals surface area contributed by atoms with E-state index in [0.717, 1.165) is 11.3 Å². The van der Waals surface area contributed by atoms with E-state index in [4.69, 9.17) is 4.74 Å². The van der Waals surface area contributed by atoms with Crippen molar-refractivity contribution < 1.29 is 9.53 Å². The summed E-state index contributed by atoms with van der Waals surface area (Å²) in [7, 11) is 1.61. The molecule has 1 rings (SSSR count). The van der Waals surface area contributed by atoms with Gasteiger partial charge in [0.1, 0.15) is 5.75 Å². The standard InChI is InChI=1S/C10H9NO2/c1-13-10-4-2-9(3-5-10)6-7-11-8-12/h2-7H,1H3. The molecule has 13 heavy (non-hydrogen) atoms. The first-order chi connectivity index (χ1) is 6.36. The summed E-state index contributed by atoms with van der Waals surface area (Å²) in [6.45, 7) is 0. The highest BCUT2D eigenvalue weighted by molar-refractivity contribution is 5.51. The minimum absolute atomic E-state index is 0.802. The summed E-state index contributed by atoms with van der Waals surface area (Å²) in [5.41, 5.74) is 0.958. The lowest BCUT2D eigenvalue weighted by Gasteiger charge is -1.98. The van der Waals surface area contributed by atoms with Gasteiger partial charge in [-0.15, -0.1) is 0 Å². The summed E-state index contributed by atoms with van der Waals surface area (Å²) in [4.78, 5) is 13.0. The maximum absolute atomic E-state index is 9.73. The van der Waals surface area contributed by atoms with E-state index in [9.17, 15) is 4.79 Å². The van der Waals surface area contributed by atoms with Crippen LogP contribution in [0.1, 0.15) is 5.56 Å². The number of ether oxygens (including phenoxy) is 1. The maximum Gasteiger partial charge on any atom is 0.239 e. The molecule has 0 amide bonds. The van der Waals surface area contributed by atoms with Crippen LogP contribution in [0.5, 0.6) is 5.75 Å². The Balaban J connectivity index is 2.74. The van der Waals surface area contributed by atoms with Crippen LogP contribution in [-0.2, 0) is 4.79 Å². The van der Waals surface area contributed by atoms with Crippen LogP contribution in [0, 0.1) is 0 Å². The van der Waals surface area contributed by atoms with E-state index in [0.29, 0.717) is 0 Å². The molecule has 0 spiro atoms. The van der Waals surface area contributed by atoms with Crippen LogP contribution in [-0.4, -0.2) is 13.2 Å². The molecule has 0 heterocycles. The minimum Gasteiger partial charge on any atom is -0.497 e. The number of carbonyl (C=O) groups excluding carboxylic acids is 1. The smallest absolute Gasteiger partial charge is 0.239 e. The van der Waals surface area contributed by atoms with Crippen molar-refractivity contribution in [3.05, 3.63) is 36.0 Å². The molecule has 3 heteroatoms. The van der Waals surface area contributed by atoms with Gasteiger partial charge in [0.15, 0.2) is 0 Å². The first kappa shape index (κ1) is 9.23. The summed E-state index contributed by atoms with van der Waals surface area (Å²) in [6, 6.07) is 7.42. The lowest BCUT2D eigenvalue weighted by Crippen LogP contribution is -1.81. The number of benzene rings is 1. The molecule has 1 aromatic rings. The van der Waals surface area contributed by atoms with Gasteiger partial charge in [0.05, 0.1) is 7.11 Å². The summed E-state index contributed by atoms with van der Waals surface area (Å²) < 4.78 is 4.98. The Hall–Kier alpha value is -1.86. The van der Waals surface area contributed by atoms with Gasteiger partial charge < -0.3 is 4.74 Å². The number of aliphatic imine (C=N–C) groups is 1. The van der Waals surface area contributed by atoms with Gasteiger partial charge >= 0.3 is 0 Å². The molecule has 1 aromatic carbocycles. The molecular formula is C10H9NO2. The molecule has 0 bridgehead atoms. The van der Waals surface area contributed by atoms with Crippen molar-refractivity contribution >= 4 is 12.2 Å². The monoisotopic (exact) mass is 175 g/mol. The van der Waals surface area contributed by atoms with E-state index in [1.165, 1.54) is 12.3 Å². The van der Waals surface area contributed by atoms with Crippen molar-refractivity contribution in [3.63, 3.8) is 0 Å². The normalized spacial score (nSPS) is 9.62. The lowest BCUT2D eigenvalue weighted by atomic mass is 10.2. The quantitative estimate of drug-likeness (QED) is 0.520. The highest BCUT2D eigenvalue weighted by atomic mass is 16.5. The Kier molecular flexibility index (Phi) is 3.48. The number of rotatable bonds is 3. The van der Waals surface area contributed by atoms with E-state index < -0.39 is 0 Å². The number of hydrogen-bond donors (Lipinski definition) is 0. The second-order valence-electron chi connectivity index (χ2n) is 2.31. The van der Waals surface area contributed by atoms with Crippen molar-refractivity contribution in [3.8, 4) is 5.75 Å². The molecule has 0 N–H and O–H groups in total. The molecule has 0 atom stereocenters. The van der Waals surface area contributed by atoms with E-state index in [1.54, 1.807) is 13.2 Å². The molecule has 0 aromatic heterocycles. The van der Waals surface area contributed by atoms with Crippen molar-refractivity contribution in [2.24, 2.45) is 4.99 Å². The van der Waals surface area contributed by atoms with Gasteiger partial charge in [0.2, 0.25) is 6.08 Å². The van der Waals surface area contributed by atoms with Crippen LogP contribution >= 0.6 is 0 Å². The first-order valence-corrected chi connectivity index (χ1v) is 3.74. The fraction of sp³-hybridized carbons (Fsp3) is 0.100. The summed E-state index contributed by atoms with van der Waals surface area (Å²) >= 11 is 0. The largest absolute Gasteiger partial charge is 0.497 e. The summed E-state index contributed by atoms with van der Waals surface area (Å²) in [5.74, 6) is 0.802. The Morgan fingerprint density at radius 1 is 1.38 bits per heavy atom. The van der Waals surface area contributed by atoms with E-state index in [-0.39, 0.29) is 0 Å². The highest BCUT2D eigenvalue weighted by Gasteiger charge is 1.88. The average molecular weight is 175 g/mol. The van der Waals surface area contributed by atoms with Gasteiger partial charge in [-0.2, -0.15) is 4.99 Å². The number of nitrogens with zero attached hydrogens (tertiary/aromatic N) is 1. The van der Waals surface area contributed by atoms with E-state index in [1.807, 2.05) is 24.3 Å². The van der Waals surface area contributed by atoms with Crippen LogP contribution < -0.4 is 4.74 Å². The van der Waals surface area contributed by atoms with Crippen LogP contribution in [0.2, 0.25) is 0 Å². The Bertz CT molecular complexity index is 334. The van der Waals surface area contributed by atoms with Gasteiger partial charge in [-0.1, -0.05) is 12.1 Å². The molecular weight excluding hydrogens is 166 g/mol. The topological polar surface area (TPSA) is 38.7 Å². The van der Waals surface area contributed by atoms with Gasteiger partial charge in [0.25, 0.3) is 0 Å². The molecule has 3 nitrogen and oxygen atoms in total. The molecule has 0 unspecified atom stereocenters. The zero-order valence-electron chi connectivity index (χ0n) is 7.23. The summed E-state index contributed by atoms with van der Waals surface area (Å²) in [5, 5.41) is 0. The van der Waals surface area contributed by atoms with Crippen molar-refractivity contribution in [2.75, 3.05) is 7.11 Å². The third-order valence-electron chi connectivity index (χ3n) is 1.51. The fourth-order valence-electron chi connectivity index (χ4n) is 0.869. The van der Waals surface area contributed by atoms with E-state index >= 15 is 0 Å². The minimum atomic E-state index is 0.802. The second-order valence-corrected chi connectivity index (χ2v) is 2.31. The Labute approximate surface area is 76.4 Å². The Morgan fingerprint density at radius 3 is 2.62 bits per heavy atom. The SMILES string of the molecule is COc1ccc(C=CN=C=O)cc1. The Morgan fingerprint density at radius 2 is 2.08 bits per heavy atom. The molecule has 0 saturated carbocycles. The third kappa shape index (κ3) is 2.93. The molecule has 0 aliphatic heterocycles. The van der Waals surface area contributed by atoms with Crippen molar-refractivity contribution in [2.45, 2.75) is 0 Å². The van der Waals surface area contributed by atoms with Gasteiger partial charge in [-0.3, -0.25) is 0 Å².